The van der Waals surface area contributed by atoms with Gasteiger partial charge in [-0.1, -0.05) is 0 Å². The first-order valence-electron chi connectivity index (χ1n) is 4.06. The van der Waals surface area contributed by atoms with Crippen molar-refractivity contribution in [2.75, 3.05) is 13.7 Å². The molecule has 5 heteroatoms. The number of hydrogen-bond donors (Lipinski definition) is 2. The highest BCUT2D eigenvalue weighted by Crippen LogP contribution is 2.30. The molecule has 0 saturated heterocycles. The monoisotopic (exact) mass is 201 g/mol. The predicted molar refractivity (Wildman–Crippen MR) is 48.5 cm³/mol. The third-order valence-corrected chi connectivity index (χ3v) is 1.82. The van der Waals surface area contributed by atoms with Crippen molar-refractivity contribution < 1.29 is 19.1 Å². The fourth-order valence-corrected chi connectivity index (χ4v) is 1.10. The quantitative estimate of drug-likeness (QED) is 0.712. The highest BCUT2D eigenvalue weighted by atomic mass is 19.1. The molecule has 1 aromatic carbocycles. The van der Waals surface area contributed by atoms with Gasteiger partial charge in [-0.25, -0.2) is 10.3 Å². The first-order valence-corrected chi connectivity index (χ1v) is 4.06. The number of hydrogen-bond acceptors (Lipinski definition) is 4. The van der Waals surface area contributed by atoms with Gasteiger partial charge in [0.15, 0.2) is 17.3 Å². The van der Waals surface area contributed by atoms with Gasteiger partial charge in [-0.3, -0.25) is 0 Å². The molecular weight excluding hydrogens is 189 g/mol. The molecule has 0 saturated carbocycles. The largest absolute Gasteiger partial charge is 0.502 e. The molecule has 0 aliphatic carbocycles. The predicted octanol–water partition coefficient (Wildman–Crippen LogP) is 0.973. The number of ether oxygens (including phenoxy) is 1. The minimum Gasteiger partial charge on any atom is -0.502 e. The van der Waals surface area contributed by atoms with E-state index >= 15 is 0 Å². The van der Waals surface area contributed by atoms with Crippen LogP contribution in [0.25, 0.3) is 0 Å². The zero-order valence-corrected chi connectivity index (χ0v) is 7.79. The van der Waals surface area contributed by atoms with Crippen LogP contribution < -0.4 is 10.6 Å². The van der Waals surface area contributed by atoms with Crippen molar-refractivity contribution in [1.29, 1.82) is 0 Å². The Morgan fingerprint density at radius 2 is 2.21 bits per heavy atom. The van der Waals surface area contributed by atoms with Crippen LogP contribution in [0.15, 0.2) is 12.1 Å². The lowest BCUT2D eigenvalue weighted by atomic mass is 10.1. The summed E-state index contributed by atoms with van der Waals surface area (Å²) in [6, 6.07) is 2.76. The van der Waals surface area contributed by atoms with E-state index in [9.17, 15) is 9.50 Å². The van der Waals surface area contributed by atoms with Crippen LogP contribution in [-0.4, -0.2) is 18.8 Å². The molecule has 0 aromatic heterocycles. The van der Waals surface area contributed by atoms with Crippen LogP contribution in [0.5, 0.6) is 11.5 Å². The SMILES string of the molecule is COc1cc(CCON)cc(F)c1O. The van der Waals surface area contributed by atoms with Crippen molar-refractivity contribution in [2.24, 2.45) is 5.90 Å². The third-order valence-electron chi connectivity index (χ3n) is 1.82. The summed E-state index contributed by atoms with van der Waals surface area (Å²) < 4.78 is 17.8. The second-order valence-corrected chi connectivity index (χ2v) is 2.75. The van der Waals surface area contributed by atoms with Gasteiger partial charge in [0.25, 0.3) is 0 Å². The molecule has 0 radical (unpaired) electrons. The average Bonchev–Trinajstić information content (AvgIpc) is 2.19. The molecule has 0 amide bonds. The van der Waals surface area contributed by atoms with Crippen LogP contribution in [0, 0.1) is 5.82 Å². The van der Waals surface area contributed by atoms with Crippen molar-refractivity contribution >= 4 is 0 Å². The van der Waals surface area contributed by atoms with Gasteiger partial charge in [0.05, 0.1) is 13.7 Å². The number of halogens is 1. The van der Waals surface area contributed by atoms with Gasteiger partial charge in [0.1, 0.15) is 0 Å². The van der Waals surface area contributed by atoms with E-state index in [0.29, 0.717) is 12.0 Å². The van der Waals surface area contributed by atoms with E-state index in [1.165, 1.54) is 19.2 Å². The van der Waals surface area contributed by atoms with Crippen LogP contribution >= 0.6 is 0 Å². The van der Waals surface area contributed by atoms with Crippen molar-refractivity contribution in [3.05, 3.63) is 23.5 Å². The number of phenols is 1. The molecule has 14 heavy (non-hydrogen) atoms. The molecule has 0 heterocycles. The zero-order chi connectivity index (χ0) is 10.6. The number of phenolic OH excluding ortho intramolecular Hbond substituents is 1. The summed E-state index contributed by atoms with van der Waals surface area (Å²) >= 11 is 0. The highest BCUT2D eigenvalue weighted by molar-refractivity contribution is 5.43. The average molecular weight is 201 g/mol. The maximum absolute atomic E-state index is 13.1. The van der Waals surface area contributed by atoms with E-state index in [2.05, 4.69) is 4.84 Å². The molecule has 0 bridgehead atoms. The lowest BCUT2D eigenvalue weighted by molar-refractivity contribution is 0.141. The van der Waals surface area contributed by atoms with Crippen molar-refractivity contribution in [3.8, 4) is 11.5 Å². The van der Waals surface area contributed by atoms with Gasteiger partial charge in [0.2, 0.25) is 0 Å². The molecule has 3 N–H and O–H groups in total. The van der Waals surface area contributed by atoms with E-state index in [1.807, 2.05) is 0 Å². The number of rotatable bonds is 4. The Kier molecular flexibility index (Phi) is 3.67. The smallest absolute Gasteiger partial charge is 0.194 e. The molecule has 0 fully saturated rings. The molecule has 0 spiro atoms. The summed E-state index contributed by atoms with van der Waals surface area (Å²) in [5.41, 5.74) is 0.655. The summed E-state index contributed by atoms with van der Waals surface area (Å²) in [6.07, 6.45) is 0.462. The van der Waals surface area contributed by atoms with Gasteiger partial charge in [-0.05, 0) is 24.1 Å². The Bertz CT molecular complexity index is 317. The number of methoxy groups -OCH3 is 1. The Labute approximate surface area is 81.0 Å². The second kappa shape index (κ2) is 4.78. The minimum atomic E-state index is -0.712. The summed E-state index contributed by atoms with van der Waals surface area (Å²) in [6.45, 7) is 0.285. The van der Waals surface area contributed by atoms with E-state index in [-0.39, 0.29) is 12.4 Å². The van der Waals surface area contributed by atoms with Gasteiger partial charge in [-0.2, -0.15) is 0 Å². The van der Waals surface area contributed by atoms with Crippen LogP contribution in [0.2, 0.25) is 0 Å². The van der Waals surface area contributed by atoms with Gasteiger partial charge in [0, 0.05) is 0 Å². The first kappa shape index (κ1) is 10.7. The number of aromatic hydroxyl groups is 1. The molecular formula is C9H12FNO3. The summed E-state index contributed by atoms with van der Waals surface area (Å²) in [5, 5.41) is 9.19. The highest BCUT2D eigenvalue weighted by Gasteiger charge is 2.09. The van der Waals surface area contributed by atoms with Crippen LogP contribution in [0.4, 0.5) is 4.39 Å². The molecule has 0 unspecified atom stereocenters. The van der Waals surface area contributed by atoms with E-state index < -0.39 is 11.6 Å². The standard InChI is InChI=1S/C9H12FNO3/c1-13-8-5-6(2-3-14-11)4-7(10)9(8)12/h4-5,12H,2-3,11H2,1H3. The fraction of sp³-hybridized carbons (Fsp3) is 0.333. The maximum atomic E-state index is 13.1. The van der Waals surface area contributed by atoms with Gasteiger partial charge >= 0.3 is 0 Å². The lowest BCUT2D eigenvalue weighted by Gasteiger charge is -2.07. The maximum Gasteiger partial charge on any atom is 0.194 e. The van der Waals surface area contributed by atoms with Gasteiger partial charge < -0.3 is 14.7 Å². The first-order chi connectivity index (χ1) is 6.69. The Balaban J connectivity index is 2.91. The molecule has 0 aliphatic heterocycles. The Hall–Kier alpha value is -1.33. The summed E-state index contributed by atoms with van der Waals surface area (Å²) in [4.78, 5) is 4.36. The molecule has 4 nitrogen and oxygen atoms in total. The normalized spacial score (nSPS) is 10.2. The summed E-state index contributed by atoms with van der Waals surface area (Å²) in [5.74, 6) is 3.76. The molecule has 1 aromatic rings. The topological polar surface area (TPSA) is 64.7 Å². The van der Waals surface area contributed by atoms with E-state index in [1.54, 1.807) is 0 Å². The van der Waals surface area contributed by atoms with Crippen LogP contribution in [0.3, 0.4) is 0 Å². The minimum absolute atomic E-state index is 0.108. The van der Waals surface area contributed by atoms with Crippen LogP contribution in [0.1, 0.15) is 5.56 Å². The number of nitrogens with two attached hydrogens (primary N) is 1. The lowest BCUT2D eigenvalue weighted by Crippen LogP contribution is -2.04. The summed E-state index contributed by atoms with van der Waals surface area (Å²) in [7, 11) is 1.36. The van der Waals surface area contributed by atoms with Crippen molar-refractivity contribution in [1.82, 2.24) is 0 Å². The van der Waals surface area contributed by atoms with Gasteiger partial charge in [-0.15, -0.1) is 0 Å². The van der Waals surface area contributed by atoms with Crippen molar-refractivity contribution in [2.45, 2.75) is 6.42 Å². The molecule has 78 valence electrons. The Morgan fingerprint density at radius 1 is 1.50 bits per heavy atom. The molecule has 0 atom stereocenters. The number of benzene rings is 1. The van der Waals surface area contributed by atoms with E-state index in [0.717, 1.165) is 0 Å². The second-order valence-electron chi connectivity index (χ2n) is 2.75. The molecule has 0 aliphatic rings. The molecule has 1 rings (SSSR count). The van der Waals surface area contributed by atoms with Crippen LogP contribution in [-0.2, 0) is 11.3 Å². The fourth-order valence-electron chi connectivity index (χ4n) is 1.10. The Morgan fingerprint density at radius 3 is 2.79 bits per heavy atom. The van der Waals surface area contributed by atoms with E-state index in [4.69, 9.17) is 10.6 Å². The zero-order valence-electron chi connectivity index (χ0n) is 7.79. The third kappa shape index (κ3) is 2.34. The van der Waals surface area contributed by atoms with Crippen molar-refractivity contribution in [3.63, 3.8) is 0 Å².